The molecule has 0 saturated heterocycles. The van der Waals surface area contributed by atoms with Gasteiger partial charge in [-0.25, -0.2) is 4.39 Å². The molecule has 7 heteroatoms. The molecule has 0 fully saturated rings. The van der Waals surface area contributed by atoms with Crippen LogP contribution in [0, 0.1) is 5.82 Å². The van der Waals surface area contributed by atoms with Crippen molar-refractivity contribution < 1.29 is 18.7 Å². The summed E-state index contributed by atoms with van der Waals surface area (Å²) in [5.74, 6) is -0.662. The Bertz CT molecular complexity index is 933. The molecule has 1 amide bonds. The minimum atomic E-state index is -0.504. The number of nitrogens with one attached hydrogen (secondary N) is 2. The van der Waals surface area contributed by atoms with Gasteiger partial charge in [-0.1, -0.05) is 12.1 Å². The zero-order chi connectivity index (χ0) is 18.5. The fourth-order valence-electron chi connectivity index (χ4n) is 2.73. The van der Waals surface area contributed by atoms with Crippen LogP contribution >= 0.6 is 0 Å². The number of amides is 1. The van der Waals surface area contributed by atoms with Crippen molar-refractivity contribution in [1.29, 1.82) is 0 Å². The van der Waals surface area contributed by atoms with E-state index in [1.165, 1.54) is 12.1 Å². The fourth-order valence-corrected chi connectivity index (χ4v) is 2.73. The molecule has 1 unspecified atom stereocenters. The van der Waals surface area contributed by atoms with Crippen molar-refractivity contribution in [2.75, 3.05) is 6.54 Å². The molecule has 0 radical (unpaired) electrons. The standard InChI is InChI=1S/C19H17FN2O4/c20-13-5-3-12(4-6-13)14(17-2-1-9-26-17)7-8-21-19(25)15-11-22-18(24)10-16(15)23/h1-6,9-11,14H,7-8H2,(H,21,25)(H2,22,23,24). The van der Waals surface area contributed by atoms with Crippen LogP contribution in [0.1, 0.15) is 34.0 Å². The summed E-state index contributed by atoms with van der Waals surface area (Å²) in [5, 5.41) is 12.4. The highest BCUT2D eigenvalue weighted by atomic mass is 19.1. The molecular formula is C19H17FN2O4. The first-order valence-electron chi connectivity index (χ1n) is 8.03. The van der Waals surface area contributed by atoms with Crippen LogP contribution in [0.4, 0.5) is 4.39 Å². The molecule has 0 aliphatic rings. The number of aromatic amines is 1. The van der Waals surface area contributed by atoms with Crippen LogP contribution in [0.3, 0.4) is 0 Å². The van der Waals surface area contributed by atoms with Gasteiger partial charge in [-0.15, -0.1) is 0 Å². The molecule has 3 N–H and O–H groups in total. The third-order valence-corrected chi connectivity index (χ3v) is 4.02. The van der Waals surface area contributed by atoms with E-state index in [0.29, 0.717) is 18.7 Å². The summed E-state index contributed by atoms with van der Waals surface area (Å²) in [4.78, 5) is 25.6. The van der Waals surface area contributed by atoms with E-state index >= 15 is 0 Å². The Morgan fingerprint density at radius 1 is 1.27 bits per heavy atom. The number of H-pyrrole nitrogens is 1. The first kappa shape index (κ1) is 17.5. The van der Waals surface area contributed by atoms with Gasteiger partial charge in [0.1, 0.15) is 17.3 Å². The Hall–Kier alpha value is -3.35. The lowest BCUT2D eigenvalue weighted by Crippen LogP contribution is -2.26. The van der Waals surface area contributed by atoms with Crippen LogP contribution in [-0.2, 0) is 0 Å². The maximum atomic E-state index is 13.2. The topological polar surface area (TPSA) is 95.3 Å². The van der Waals surface area contributed by atoms with Gasteiger partial charge in [0.05, 0.1) is 11.8 Å². The molecule has 0 aliphatic heterocycles. The number of pyridine rings is 1. The maximum Gasteiger partial charge on any atom is 0.256 e. The molecule has 134 valence electrons. The highest BCUT2D eigenvalue weighted by Gasteiger charge is 2.18. The largest absolute Gasteiger partial charge is 0.507 e. The molecule has 6 nitrogen and oxygen atoms in total. The number of aromatic hydroxyl groups is 1. The number of carbonyl (C=O) groups is 1. The predicted molar refractivity (Wildman–Crippen MR) is 92.6 cm³/mol. The first-order valence-corrected chi connectivity index (χ1v) is 8.03. The van der Waals surface area contributed by atoms with E-state index in [9.17, 15) is 19.1 Å². The van der Waals surface area contributed by atoms with E-state index in [2.05, 4.69) is 10.3 Å². The summed E-state index contributed by atoms with van der Waals surface area (Å²) in [7, 11) is 0. The number of hydrogen-bond acceptors (Lipinski definition) is 4. The third kappa shape index (κ3) is 4.00. The molecule has 3 rings (SSSR count). The highest BCUT2D eigenvalue weighted by molar-refractivity contribution is 5.96. The van der Waals surface area contributed by atoms with Crippen LogP contribution in [-0.4, -0.2) is 22.5 Å². The minimum absolute atomic E-state index is 0.0130. The van der Waals surface area contributed by atoms with Crippen LogP contribution in [0.15, 0.2) is 64.1 Å². The molecule has 1 aromatic carbocycles. The number of aromatic nitrogens is 1. The molecule has 0 spiro atoms. The average molecular weight is 356 g/mol. The predicted octanol–water partition coefficient (Wildman–Crippen LogP) is 2.76. The van der Waals surface area contributed by atoms with Gasteiger partial charge in [-0.05, 0) is 36.2 Å². The summed E-state index contributed by atoms with van der Waals surface area (Å²) in [6, 6.07) is 10.6. The second-order valence-electron chi connectivity index (χ2n) is 5.76. The van der Waals surface area contributed by atoms with Crippen molar-refractivity contribution in [3.05, 3.63) is 88.0 Å². The zero-order valence-electron chi connectivity index (χ0n) is 13.7. The number of furan rings is 1. The normalized spacial score (nSPS) is 11.9. The summed E-state index contributed by atoms with van der Waals surface area (Å²) >= 11 is 0. The van der Waals surface area contributed by atoms with Gasteiger partial charge < -0.3 is 19.8 Å². The minimum Gasteiger partial charge on any atom is -0.507 e. The van der Waals surface area contributed by atoms with Gasteiger partial charge in [0, 0.05) is 24.7 Å². The Morgan fingerprint density at radius 3 is 2.69 bits per heavy atom. The molecule has 3 aromatic rings. The van der Waals surface area contributed by atoms with Gasteiger partial charge in [-0.3, -0.25) is 9.59 Å². The van der Waals surface area contributed by atoms with E-state index in [1.807, 2.05) is 6.07 Å². The molecule has 2 heterocycles. The Morgan fingerprint density at radius 2 is 2.04 bits per heavy atom. The van der Waals surface area contributed by atoms with Crippen molar-refractivity contribution in [1.82, 2.24) is 10.3 Å². The summed E-state index contributed by atoms with van der Waals surface area (Å²) in [5.41, 5.74) is 0.358. The Kier molecular flexibility index (Phi) is 5.17. The number of benzene rings is 1. The van der Waals surface area contributed by atoms with E-state index in [-0.39, 0.29) is 23.0 Å². The smallest absolute Gasteiger partial charge is 0.256 e. The molecule has 0 aliphatic carbocycles. The van der Waals surface area contributed by atoms with Crippen molar-refractivity contribution in [2.45, 2.75) is 12.3 Å². The van der Waals surface area contributed by atoms with Crippen LogP contribution in [0.2, 0.25) is 0 Å². The molecule has 0 bridgehead atoms. The lowest BCUT2D eigenvalue weighted by molar-refractivity contribution is 0.0949. The molecular weight excluding hydrogens is 339 g/mol. The van der Waals surface area contributed by atoms with E-state index in [1.54, 1.807) is 24.5 Å². The zero-order valence-corrected chi connectivity index (χ0v) is 13.7. The van der Waals surface area contributed by atoms with E-state index in [0.717, 1.165) is 17.8 Å². The van der Waals surface area contributed by atoms with Crippen LogP contribution < -0.4 is 10.9 Å². The highest BCUT2D eigenvalue weighted by Crippen LogP contribution is 2.28. The van der Waals surface area contributed by atoms with Crippen molar-refractivity contribution in [3.8, 4) is 5.75 Å². The molecule has 26 heavy (non-hydrogen) atoms. The Balaban J connectivity index is 1.69. The SMILES string of the molecule is O=C(NCCC(c1ccc(F)cc1)c1ccco1)c1c[nH]c(=O)cc1O. The summed E-state index contributed by atoms with van der Waals surface area (Å²) < 4.78 is 18.6. The van der Waals surface area contributed by atoms with Gasteiger partial charge in [-0.2, -0.15) is 0 Å². The van der Waals surface area contributed by atoms with Crippen LogP contribution in [0.25, 0.3) is 0 Å². The van der Waals surface area contributed by atoms with Crippen molar-refractivity contribution in [2.24, 2.45) is 0 Å². The van der Waals surface area contributed by atoms with Crippen molar-refractivity contribution in [3.63, 3.8) is 0 Å². The summed E-state index contributed by atoms with van der Waals surface area (Å²) in [6.45, 7) is 0.292. The lowest BCUT2D eigenvalue weighted by atomic mass is 9.93. The second-order valence-corrected chi connectivity index (χ2v) is 5.76. The average Bonchev–Trinajstić information content (AvgIpc) is 3.14. The fraction of sp³-hybridized carbons (Fsp3) is 0.158. The first-order chi connectivity index (χ1) is 12.5. The molecule has 0 saturated carbocycles. The van der Waals surface area contributed by atoms with Gasteiger partial charge in [0.25, 0.3) is 11.5 Å². The number of carbonyl (C=O) groups excluding carboxylic acids is 1. The summed E-state index contributed by atoms with van der Waals surface area (Å²) in [6.07, 6.45) is 3.23. The van der Waals surface area contributed by atoms with Gasteiger partial charge in [0.15, 0.2) is 0 Å². The molecule has 1 atom stereocenters. The quantitative estimate of drug-likeness (QED) is 0.633. The Labute approximate surface area is 148 Å². The van der Waals surface area contributed by atoms with Crippen LogP contribution in [0.5, 0.6) is 5.75 Å². The maximum absolute atomic E-state index is 13.2. The van der Waals surface area contributed by atoms with Gasteiger partial charge in [0.2, 0.25) is 0 Å². The van der Waals surface area contributed by atoms with Gasteiger partial charge >= 0.3 is 0 Å². The van der Waals surface area contributed by atoms with Crippen molar-refractivity contribution >= 4 is 5.91 Å². The molecule has 2 aromatic heterocycles. The number of rotatable bonds is 6. The van der Waals surface area contributed by atoms with E-state index < -0.39 is 11.5 Å². The monoisotopic (exact) mass is 356 g/mol. The number of halogens is 1. The third-order valence-electron chi connectivity index (χ3n) is 4.02. The lowest BCUT2D eigenvalue weighted by Gasteiger charge is -2.16. The van der Waals surface area contributed by atoms with E-state index in [4.69, 9.17) is 4.42 Å². The second kappa shape index (κ2) is 7.69. The number of hydrogen-bond donors (Lipinski definition) is 3.